The monoisotopic (exact) mass is 288 g/mol. The molecule has 4 heteroatoms. The van der Waals surface area contributed by atoms with E-state index in [0.29, 0.717) is 16.3 Å². The second kappa shape index (κ2) is 5.63. The van der Waals surface area contributed by atoms with Crippen molar-refractivity contribution in [2.45, 2.75) is 26.2 Å². The molecule has 0 aliphatic carbocycles. The van der Waals surface area contributed by atoms with Gasteiger partial charge in [0.2, 0.25) is 0 Å². The second-order valence-corrected chi connectivity index (χ2v) is 6.08. The Labute approximate surface area is 124 Å². The molecule has 1 heterocycles. The lowest BCUT2D eigenvalue weighted by Crippen LogP contribution is -2.17. The quantitative estimate of drug-likeness (QED) is 0.896. The van der Waals surface area contributed by atoms with Crippen LogP contribution in [0.5, 0.6) is 0 Å². The van der Waals surface area contributed by atoms with Gasteiger partial charge in [0.25, 0.3) is 5.91 Å². The van der Waals surface area contributed by atoms with Gasteiger partial charge >= 0.3 is 0 Å². The fourth-order valence-electron chi connectivity index (χ4n) is 1.75. The van der Waals surface area contributed by atoms with Gasteiger partial charge in [0.05, 0.1) is 0 Å². The summed E-state index contributed by atoms with van der Waals surface area (Å²) < 4.78 is 0. The van der Waals surface area contributed by atoms with Crippen LogP contribution in [0.1, 0.15) is 36.8 Å². The standard InChI is InChI=1S/C16H17ClN2O/c1-16(2,3)14-9-11(7-8-18-14)15(20)19-13-6-4-5-12(17)10-13/h4-10H,1-3H3,(H,19,20). The zero-order valence-electron chi connectivity index (χ0n) is 11.8. The summed E-state index contributed by atoms with van der Waals surface area (Å²) in [5.74, 6) is -0.167. The van der Waals surface area contributed by atoms with E-state index in [2.05, 4.69) is 31.1 Å². The number of nitrogens with one attached hydrogen (secondary N) is 1. The predicted octanol–water partition coefficient (Wildman–Crippen LogP) is 4.28. The van der Waals surface area contributed by atoms with Crippen molar-refractivity contribution >= 4 is 23.2 Å². The number of hydrogen-bond donors (Lipinski definition) is 1. The van der Waals surface area contributed by atoms with Crippen LogP contribution in [-0.4, -0.2) is 10.9 Å². The molecule has 3 nitrogen and oxygen atoms in total. The molecule has 1 aromatic heterocycles. The minimum atomic E-state index is -0.167. The Balaban J connectivity index is 2.22. The lowest BCUT2D eigenvalue weighted by Gasteiger charge is -2.18. The molecule has 2 aromatic rings. The van der Waals surface area contributed by atoms with Crippen molar-refractivity contribution in [3.05, 3.63) is 58.9 Å². The van der Waals surface area contributed by atoms with Crippen LogP contribution in [0.25, 0.3) is 0 Å². The third-order valence-electron chi connectivity index (χ3n) is 2.87. The maximum atomic E-state index is 12.2. The highest BCUT2D eigenvalue weighted by Crippen LogP contribution is 2.21. The Kier molecular flexibility index (Phi) is 4.09. The number of amides is 1. The van der Waals surface area contributed by atoms with Crippen molar-refractivity contribution in [1.29, 1.82) is 0 Å². The van der Waals surface area contributed by atoms with E-state index in [9.17, 15) is 4.79 Å². The zero-order chi connectivity index (χ0) is 14.8. The number of carbonyl (C=O) groups is 1. The van der Waals surface area contributed by atoms with E-state index in [1.54, 1.807) is 36.5 Å². The second-order valence-electron chi connectivity index (χ2n) is 5.64. The number of hydrogen-bond acceptors (Lipinski definition) is 2. The van der Waals surface area contributed by atoms with Gasteiger partial charge in [0.1, 0.15) is 0 Å². The minimum Gasteiger partial charge on any atom is -0.322 e. The summed E-state index contributed by atoms with van der Waals surface area (Å²) in [6.45, 7) is 6.19. The first-order valence-electron chi connectivity index (χ1n) is 6.40. The molecule has 1 amide bonds. The Morgan fingerprint density at radius 2 is 1.95 bits per heavy atom. The van der Waals surface area contributed by atoms with Crippen molar-refractivity contribution in [2.24, 2.45) is 0 Å². The number of pyridine rings is 1. The van der Waals surface area contributed by atoms with E-state index in [1.165, 1.54) is 0 Å². The Bertz CT molecular complexity index is 632. The number of anilines is 1. The normalized spacial score (nSPS) is 11.2. The summed E-state index contributed by atoms with van der Waals surface area (Å²) in [4.78, 5) is 16.5. The van der Waals surface area contributed by atoms with Crippen molar-refractivity contribution < 1.29 is 4.79 Å². The molecule has 20 heavy (non-hydrogen) atoms. The highest BCUT2D eigenvalue weighted by atomic mass is 35.5. The smallest absolute Gasteiger partial charge is 0.255 e. The van der Waals surface area contributed by atoms with Crippen LogP contribution in [0.2, 0.25) is 5.02 Å². The van der Waals surface area contributed by atoms with Crippen LogP contribution in [-0.2, 0) is 5.41 Å². The van der Waals surface area contributed by atoms with Crippen LogP contribution < -0.4 is 5.32 Å². The van der Waals surface area contributed by atoms with Crippen LogP contribution >= 0.6 is 11.6 Å². The Morgan fingerprint density at radius 3 is 2.60 bits per heavy atom. The fourth-order valence-corrected chi connectivity index (χ4v) is 1.94. The van der Waals surface area contributed by atoms with Crippen LogP contribution in [0, 0.1) is 0 Å². The summed E-state index contributed by atoms with van der Waals surface area (Å²) in [5, 5.41) is 3.42. The van der Waals surface area contributed by atoms with Gasteiger partial charge in [-0.2, -0.15) is 0 Å². The van der Waals surface area contributed by atoms with Gasteiger partial charge in [0.15, 0.2) is 0 Å². The lowest BCUT2D eigenvalue weighted by atomic mass is 9.91. The number of carbonyl (C=O) groups excluding carboxylic acids is 1. The molecule has 0 aliphatic rings. The molecule has 0 aliphatic heterocycles. The maximum Gasteiger partial charge on any atom is 0.255 e. The number of rotatable bonds is 2. The van der Waals surface area contributed by atoms with Gasteiger partial charge in [-0.25, -0.2) is 0 Å². The molecule has 0 fully saturated rings. The third-order valence-corrected chi connectivity index (χ3v) is 3.11. The zero-order valence-corrected chi connectivity index (χ0v) is 12.5. The van der Waals surface area contributed by atoms with Crippen molar-refractivity contribution in [3.63, 3.8) is 0 Å². The van der Waals surface area contributed by atoms with Crippen LogP contribution in [0.4, 0.5) is 5.69 Å². The molecule has 0 spiro atoms. The summed E-state index contributed by atoms with van der Waals surface area (Å²) >= 11 is 5.90. The maximum absolute atomic E-state index is 12.2. The molecule has 0 atom stereocenters. The topological polar surface area (TPSA) is 42.0 Å². The first-order valence-corrected chi connectivity index (χ1v) is 6.77. The van der Waals surface area contributed by atoms with Crippen molar-refractivity contribution in [2.75, 3.05) is 5.32 Å². The Morgan fingerprint density at radius 1 is 1.20 bits per heavy atom. The average molecular weight is 289 g/mol. The van der Waals surface area contributed by atoms with Crippen molar-refractivity contribution in [3.8, 4) is 0 Å². The minimum absolute atomic E-state index is 0.0909. The highest BCUT2D eigenvalue weighted by Gasteiger charge is 2.17. The molecule has 1 N–H and O–H groups in total. The highest BCUT2D eigenvalue weighted by molar-refractivity contribution is 6.30. The molecular weight excluding hydrogens is 272 g/mol. The van der Waals surface area contributed by atoms with Gasteiger partial charge in [-0.05, 0) is 30.3 Å². The van der Waals surface area contributed by atoms with E-state index in [-0.39, 0.29) is 11.3 Å². The van der Waals surface area contributed by atoms with E-state index >= 15 is 0 Å². The molecule has 0 saturated carbocycles. The first-order chi connectivity index (χ1) is 9.36. The number of nitrogens with zero attached hydrogens (tertiary/aromatic N) is 1. The van der Waals surface area contributed by atoms with Gasteiger partial charge in [0, 0.05) is 33.6 Å². The van der Waals surface area contributed by atoms with E-state index in [1.807, 2.05) is 6.07 Å². The third kappa shape index (κ3) is 3.58. The van der Waals surface area contributed by atoms with E-state index < -0.39 is 0 Å². The molecule has 1 aromatic carbocycles. The number of halogens is 1. The van der Waals surface area contributed by atoms with Gasteiger partial charge in [-0.1, -0.05) is 38.4 Å². The molecule has 0 saturated heterocycles. The number of aromatic nitrogens is 1. The number of benzene rings is 1. The van der Waals surface area contributed by atoms with Crippen LogP contribution in [0.3, 0.4) is 0 Å². The molecule has 0 bridgehead atoms. The van der Waals surface area contributed by atoms with Gasteiger partial charge in [-0.3, -0.25) is 9.78 Å². The molecular formula is C16H17ClN2O. The Hall–Kier alpha value is -1.87. The van der Waals surface area contributed by atoms with Crippen LogP contribution in [0.15, 0.2) is 42.6 Å². The molecule has 0 unspecified atom stereocenters. The average Bonchev–Trinajstić information content (AvgIpc) is 2.38. The predicted molar refractivity (Wildman–Crippen MR) is 82.3 cm³/mol. The van der Waals surface area contributed by atoms with Gasteiger partial charge in [-0.15, -0.1) is 0 Å². The fraction of sp³-hybridized carbons (Fsp3) is 0.250. The molecule has 2 rings (SSSR count). The molecule has 104 valence electrons. The largest absolute Gasteiger partial charge is 0.322 e. The van der Waals surface area contributed by atoms with E-state index in [4.69, 9.17) is 11.6 Å². The summed E-state index contributed by atoms with van der Waals surface area (Å²) in [6.07, 6.45) is 1.66. The first kappa shape index (κ1) is 14.5. The van der Waals surface area contributed by atoms with Crippen molar-refractivity contribution in [1.82, 2.24) is 4.98 Å². The van der Waals surface area contributed by atoms with E-state index in [0.717, 1.165) is 5.69 Å². The summed E-state index contributed by atoms with van der Waals surface area (Å²) in [6, 6.07) is 10.6. The molecule has 0 radical (unpaired) electrons. The van der Waals surface area contributed by atoms with Gasteiger partial charge < -0.3 is 5.32 Å². The SMILES string of the molecule is CC(C)(C)c1cc(C(=O)Nc2cccc(Cl)c2)ccn1. The summed E-state index contributed by atoms with van der Waals surface area (Å²) in [7, 11) is 0. The lowest BCUT2D eigenvalue weighted by molar-refractivity contribution is 0.102. The summed E-state index contributed by atoms with van der Waals surface area (Å²) in [5.41, 5.74) is 2.06.